The Bertz CT molecular complexity index is 1190. The zero-order valence-corrected chi connectivity index (χ0v) is 15.2. The highest BCUT2D eigenvalue weighted by Gasteiger charge is 2.10. The predicted octanol–water partition coefficient (Wildman–Crippen LogP) is 6.03. The van der Waals surface area contributed by atoms with Crippen molar-refractivity contribution in [2.45, 2.75) is 0 Å². The molecule has 28 heavy (non-hydrogen) atoms. The molecule has 0 unspecified atom stereocenters. The molecule has 0 amide bonds. The minimum Gasteiger partial charge on any atom is -0.265 e. The Hall–Kier alpha value is -3.85. The van der Waals surface area contributed by atoms with E-state index >= 15 is 0 Å². The van der Waals surface area contributed by atoms with E-state index in [-0.39, 0.29) is 0 Å². The van der Waals surface area contributed by atoms with Crippen LogP contribution < -0.4 is 0 Å². The number of benzene rings is 2. The van der Waals surface area contributed by atoms with Crippen molar-refractivity contribution in [3.05, 3.63) is 104 Å². The summed E-state index contributed by atoms with van der Waals surface area (Å²) < 4.78 is 0. The number of pyridine rings is 3. The molecule has 0 spiro atoms. The summed E-state index contributed by atoms with van der Waals surface area (Å²) in [5.41, 5.74) is 6.30. The molecule has 5 aromatic rings. The third-order valence-electron chi connectivity index (χ3n) is 4.88. The van der Waals surface area contributed by atoms with Gasteiger partial charge in [-0.3, -0.25) is 9.97 Å². The molecule has 0 aliphatic carbocycles. The number of fused-ring (bicyclic) bond motifs is 1. The van der Waals surface area contributed by atoms with Crippen LogP contribution in [-0.2, 0) is 0 Å². The van der Waals surface area contributed by atoms with Crippen LogP contribution in [0.15, 0.2) is 104 Å². The van der Waals surface area contributed by atoms with Gasteiger partial charge in [0.2, 0.25) is 0 Å². The average molecular weight is 359 g/mol. The molecule has 0 radical (unpaired) electrons. The lowest BCUT2D eigenvalue weighted by Crippen LogP contribution is -1.92. The number of aromatic nitrogens is 3. The lowest BCUT2D eigenvalue weighted by Gasteiger charge is -2.12. The highest BCUT2D eigenvalue weighted by atomic mass is 14.7. The first kappa shape index (κ1) is 16.3. The highest BCUT2D eigenvalue weighted by Crippen LogP contribution is 2.33. The Morgan fingerprint density at radius 2 is 1.07 bits per heavy atom. The van der Waals surface area contributed by atoms with Gasteiger partial charge in [-0.2, -0.15) is 0 Å². The molecule has 0 N–H and O–H groups in total. The topological polar surface area (TPSA) is 38.7 Å². The second-order valence-electron chi connectivity index (χ2n) is 6.62. The van der Waals surface area contributed by atoms with Gasteiger partial charge in [0.05, 0.1) is 11.4 Å². The molecule has 0 saturated heterocycles. The molecule has 3 aromatic heterocycles. The Morgan fingerprint density at radius 1 is 0.500 bits per heavy atom. The molecular formula is C25H17N3. The molecule has 2 aromatic carbocycles. The van der Waals surface area contributed by atoms with Crippen LogP contribution in [0.5, 0.6) is 0 Å². The van der Waals surface area contributed by atoms with Gasteiger partial charge >= 0.3 is 0 Å². The number of nitrogens with zero attached hydrogens (tertiary/aromatic N) is 3. The van der Waals surface area contributed by atoms with E-state index in [0.29, 0.717) is 0 Å². The van der Waals surface area contributed by atoms with Gasteiger partial charge in [0.15, 0.2) is 0 Å². The minimum absolute atomic E-state index is 0.930. The standard InChI is InChI=1S/C25H17N3/c1-2-6-22-18(4-1)5-3-7-23(22)21-16-24(19-8-12-26-13-9-19)28-25(17-21)20-10-14-27-15-11-20/h1-17H. The molecule has 5 rings (SSSR count). The summed E-state index contributed by atoms with van der Waals surface area (Å²) in [6.45, 7) is 0. The fraction of sp³-hybridized carbons (Fsp3) is 0. The molecule has 0 aliphatic rings. The van der Waals surface area contributed by atoms with Gasteiger partial charge in [0.1, 0.15) is 0 Å². The van der Waals surface area contributed by atoms with Crippen molar-refractivity contribution in [3.8, 4) is 33.6 Å². The molecule has 0 aliphatic heterocycles. The average Bonchev–Trinajstić information content (AvgIpc) is 2.79. The summed E-state index contributed by atoms with van der Waals surface area (Å²) in [5, 5.41) is 2.46. The number of hydrogen-bond donors (Lipinski definition) is 0. The summed E-state index contributed by atoms with van der Waals surface area (Å²) in [6.07, 6.45) is 7.20. The zero-order valence-electron chi connectivity index (χ0n) is 15.2. The lowest BCUT2D eigenvalue weighted by molar-refractivity contribution is 1.27. The van der Waals surface area contributed by atoms with E-state index < -0.39 is 0 Å². The van der Waals surface area contributed by atoms with Crippen LogP contribution in [0, 0.1) is 0 Å². The summed E-state index contributed by atoms with van der Waals surface area (Å²) in [6, 6.07) is 27.2. The van der Waals surface area contributed by atoms with E-state index in [1.165, 1.54) is 16.3 Å². The zero-order chi connectivity index (χ0) is 18.8. The molecule has 0 bridgehead atoms. The molecule has 0 fully saturated rings. The van der Waals surface area contributed by atoms with Crippen LogP contribution >= 0.6 is 0 Å². The molecule has 3 nitrogen and oxygen atoms in total. The molecule has 3 heteroatoms. The summed E-state index contributed by atoms with van der Waals surface area (Å²) in [4.78, 5) is 13.2. The SMILES string of the molecule is c1ccc2c(-c3cc(-c4ccncc4)nc(-c4ccncc4)c3)cccc2c1. The molecular weight excluding hydrogens is 342 g/mol. The van der Waals surface area contributed by atoms with E-state index in [0.717, 1.165) is 28.1 Å². The van der Waals surface area contributed by atoms with Crippen LogP contribution in [0.25, 0.3) is 44.4 Å². The molecule has 0 saturated carbocycles. The molecule has 132 valence electrons. The van der Waals surface area contributed by atoms with Crippen LogP contribution in [0.3, 0.4) is 0 Å². The van der Waals surface area contributed by atoms with Crippen LogP contribution in [0.2, 0.25) is 0 Å². The van der Waals surface area contributed by atoms with Crippen molar-refractivity contribution in [2.75, 3.05) is 0 Å². The Kier molecular flexibility index (Phi) is 4.11. The first-order chi connectivity index (χ1) is 13.9. The first-order valence-electron chi connectivity index (χ1n) is 9.19. The maximum Gasteiger partial charge on any atom is 0.0716 e. The monoisotopic (exact) mass is 359 g/mol. The van der Waals surface area contributed by atoms with Crippen molar-refractivity contribution in [3.63, 3.8) is 0 Å². The summed E-state index contributed by atoms with van der Waals surface area (Å²) in [7, 11) is 0. The lowest BCUT2D eigenvalue weighted by atomic mass is 9.96. The molecule has 3 heterocycles. The normalized spacial score (nSPS) is 10.9. The maximum absolute atomic E-state index is 4.92. The largest absolute Gasteiger partial charge is 0.265 e. The van der Waals surface area contributed by atoms with E-state index in [1.54, 1.807) is 24.8 Å². The minimum atomic E-state index is 0.930. The van der Waals surface area contributed by atoms with E-state index in [9.17, 15) is 0 Å². The van der Waals surface area contributed by atoms with Gasteiger partial charge in [0.25, 0.3) is 0 Å². The van der Waals surface area contributed by atoms with Crippen LogP contribution in [0.1, 0.15) is 0 Å². The first-order valence-corrected chi connectivity index (χ1v) is 9.19. The Labute approximate surface area is 163 Å². The van der Waals surface area contributed by atoms with E-state index in [4.69, 9.17) is 4.98 Å². The van der Waals surface area contributed by atoms with Gasteiger partial charge in [-0.05, 0) is 58.3 Å². The fourth-order valence-electron chi connectivity index (χ4n) is 3.50. The molecule has 0 atom stereocenters. The van der Waals surface area contributed by atoms with Crippen molar-refractivity contribution in [2.24, 2.45) is 0 Å². The number of hydrogen-bond acceptors (Lipinski definition) is 3. The van der Waals surface area contributed by atoms with Crippen LogP contribution in [0.4, 0.5) is 0 Å². The second-order valence-corrected chi connectivity index (χ2v) is 6.62. The number of rotatable bonds is 3. The van der Waals surface area contributed by atoms with Crippen LogP contribution in [-0.4, -0.2) is 15.0 Å². The predicted molar refractivity (Wildman–Crippen MR) is 114 cm³/mol. The van der Waals surface area contributed by atoms with Gasteiger partial charge in [-0.25, -0.2) is 4.98 Å². The van der Waals surface area contributed by atoms with Gasteiger partial charge in [-0.15, -0.1) is 0 Å². The van der Waals surface area contributed by atoms with Crippen molar-refractivity contribution in [1.82, 2.24) is 15.0 Å². The second kappa shape index (κ2) is 7.05. The van der Waals surface area contributed by atoms with Gasteiger partial charge in [0, 0.05) is 35.9 Å². The quantitative estimate of drug-likeness (QED) is 0.395. The smallest absolute Gasteiger partial charge is 0.0716 e. The fourth-order valence-corrected chi connectivity index (χ4v) is 3.50. The van der Waals surface area contributed by atoms with Crippen molar-refractivity contribution < 1.29 is 0 Å². The Morgan fingerprint density at radius 3 is 1.71 bits per heavy atom. The van der Waals surface area contributed by atoms with Crippen molar-refractivity contribution in [1.29, 1.82) is 0 Å². The maximum atomic E-state index is 4.92. The summed E-state index contributed by atoms with van der Waals surface area (Å²) >= 11 is 0. The van der Waals surface area contributed by atoms with Crippen molar-refractivity contribution >= 4 is 10.8 Å². The third kappa shape index (κ3) is 3.03. The third-order valence-corrected chi connectivity index (χ3v) is 4.88. The van der Waals surface area contributed by atoms with Gasteiger partial charge < -0.3 is 0 Å². The van der Waals surface area contributed by atoms with E-state index in [1.807, 2.05) is 24.3 Å². The summed E-state index contributed by atoms with van der Waals surface area (Å²) in [5.74, 6) is 0. The Balaban J connectivity index is 1.78. The van der Waals surface area contributed by atoms with Gasteiger partial charge in [-0.1, -0.05) is 42.5 Å². The van der Waals surface area contributed by atoms with E-state index in [2.05, 4.69) is 64.6 Å². The highest BCUT2D eigenvalue weighted by molar-refractivity contribution is 5.97.